The van der Waals surface area contributed by atoms with Gasteiger partial charge in [0.2, 0.25) is 5.91 Å². The zero-order valence-corrected chi connectivity index (χ0v) is 13.7. The van der Waals surface area contributed by atoms with Gasteiger partial charge in [0.15, 0.2) is 0 Å². The van der Waals surface area contributed by atoms with E-state index in [0.29, 0.717) is 11.8 Å². The number of nitrogens with zero attached hydrogens (tertiary/aromatic N) is 2. The number of allylic oxidation sites excluding steroid dienone is 2. The van der Waals surface area contributed by atoms with Crippen LogP contribution in [0.4, 0.5) is 4.79 Å². The van der Waals surface area contributed by atoms with Gasteiger partial charge in [0.25, 0.3) is 0 Å². The minimum absolute atomic E-state index is 0.189. The van der Waals surface area contributed by atoms with Crippen molar-refractivity contribution >= 4 is 11.9 Å². The number of carbonyl (C=O) groups excluding carboxylic acids is 2. The van der Waals surface area contributed by atoms with Crippen LogP contribution in [0.2, 0.25) is 0 Å². The fourth-order valence-corrected chi connectivity index (χ4v) is 4.71. The molecule has 1 N–H and O–H groups in total. The first-order chi connectivity index (χ1) is 11.2. The zero-order chi connectivity index (χ0) is 15.8. The summed E-state index contributed by atoms with van der Waals surface area (Å²) in [5.41, 5.74) is 0. The van der Waals surface area contributed by atoms with Gasteiger partial charge in [0.05, 0.1) is 0 Å². The van der Waals surface area contributed by atoms with Crippen LogP contribution in [0, 0.1) is 17.8 Å². The van der Waals surface area contributed by atoms with Gasteiger partial charge in [0, 0.05) is 38.1 Å². The molecule has 3 atom stereocenters. The molecule has 126 valence electrons. The van der Waals surface area contributed by atoms with Crippen molar-refractivity contribution in [3.8, 4) is 0 Å². The van der Waals surface area contributed by atoms with Crippen molar-refractivity contribution in [3.63, 3.8) is 0 Å². The quantitative estimate of drug-likeness (QED) is 0.792. The monoisotopic (exact) mass is 317 g/mol. The van der Waals surface area contributed by atoms with Crippen LogP contribution in [0.15, 0.2) is 12.2 Å². The predicted octanol–water partition coefficient (Wildman–Crippen LogP) is 1.99. The van der Waals surface area contributed by atoms with E-state index in [4.69, 9.17) is 0 Å². The molecule has 0 unspecified atom stereocenters. The number of urea groups is 1. The first-order valence-corrected chi connectivity index (χ1v) is 9.23. The summed E-state index contributed by atoms with van der Waals surface area (Å²) in [7, 11) is 0. The highest BCUT2D eigenvalue weighted by atomic mass is 16.2. The highest BCUT2D eigenvalue weighted by molar-refractivity contribution is 5.80. The summed E-state index contributed by atoms with van der Waals surface area (Å²) in [5.74, 6) is 1.54. The van der Waals surface area contributed by atoms with Gasteiger partial charge in [-0.05, 0) is 50.4 Å². The summed E-state index contributed by atoms with van der Waals surface area (Å²) in [4.78, 5) is 28.8. The van der Waals surface area contributed by atoms with Crippen molar-refractivity contribution in [2.24, 2.45) is 17.8 Å². The second kappa shape index (κ2) is 6.17. The Balaban J connectivity index is 1.24. The van der Waals surface area contributed by atoms with E-state index in [1.165, 1.54) is 6.42 Å². The molecule has 4 aliphatic rings. The fourth-order valence-electron chi connectivity index (χ4n) is 4.71. The Labute approximate surface area is 138 Å². The van der Waals surface area contributed by atoms with Crippen LogP contribution in [-0.2, 0) is 4.79 Å². The Morgan fingerprint density at radius 2 is 1.61 bits per heavy atom. The third-order valence-corrected chi connectivity index (χ3v) is 6.10. The molecule has 2 aliphatic heterocycles. The molecule has 5 nitrogen and oxygen atoms in total. The van der Waals surface area contributed by atoms with Crippen molar-refractivity contribution < 1.29 is 9.59 Å². The van der Waals surface area contributed by atoms with Crippen molar-refractivity contribution in [2.45, 2.75) is 44.6 Å². The van der Waals surface area contributed by atoms with Crippen LogP contribution in [0.5, 0.6) is 0 Å². The summed E-state index contributed by atoms with van der Waals surface area (Å²) < 4.78 is 0. The number of rotatable bonds is 2. The average molecular weight is 317 g/mol. The Kier molecular flexibility index (Phi) is 4.04. The maximum atomic E-state index is 12.5. The normalized spacial score (nSPS) is 33.5. The third-order valence-electron chi connectivity index (χ3n) is 6.10. The minimum atomic E-state index is 0.189. The van der Waals surface area contributed by atoms with Crippen molar-refractivity contribution in [1.82, 2.24) is 15.1 Å². The Morgan fingerprint density at radius 3 is 2.22 bits per heavy atom. The van der Waals surface area contributed by atoms with E-state index in [1.54, 1.807) is 0 Å². The van der Waals surface area contributed by atoms with E-state index < -0.39 is 0 Å². The maximum absolute atomic E-state index is 12.5. The van der Waals surface area contributed by atoms with E-state index in [0.717, 1.165) is 58.3 Å². The molecule has 2 saturated heterocycles. The maximum Gasteiger partial charge on any atom is 0.319 e. The summed E-state index contributed by atoms with van der Waals surface area (Å²) >= 11 is 0. The zero-order valence-electron chi connectivity index (χ0n) is 13.7. The topological polar surface area (TPSA) is 52.7 Å². The van der Waals surface area contributed by atoms with Crippen LogP contribution in [0.1, 0.15) is 38.5 Å². The van der Waals surface area contributed by atoms with Gasteiger partial charge in [-0.2, -0.15) is 0 Å². The Morgan fingerprint density at radius 1 is 0.913 bits per heavy atom. The standard InChI is InChI=1S/C18H27N3O2/c22-17(16-12-13-3-4-14(16)11-13)19-15-5-9-21(10-6-15)18(23)20-7-1-2-8-20/h3-4,13-16H,1-2,5-12H2,(H,19,22)/t13-,14+,16-/m1/s1. The van der Waals surface area contributed by atoms with E-state index in [2.05, 4.69) is 17.5 Å². The molecule has 2 heterocycles. The highest BCUT2D eigenvalue weighted by Crippen LogP contribution is 2.43. The van der Waals surface area contributed by atoms with Gasteiger partial charge in [-0.25, -0.2) is 4.79 Å². The molecule has 3 amide bonds. The van der Waals surface area contributed by atoms with E-state index in [1.807, 2.05) is 9.80 Å². The molecule has 5 heteroatoms. The number of nitrogens with one attached hydrogen (secondary N) is 1. The summed E-state index contributed by atoms with van der Waals surface area (Å²) in [6.45, 7) is 3.37. The van der Waals surface area contributed by atoms with Crippen molar-refractivity contribution in [1.29, 1.82) is 0 Å². The molecule has 1 saturated carbocycles. The van der Waals surface area contributed by atoms with Gasteiger partial charge >= 0.3 is 6.03 Å². The number of likely N-dealkylation sites (tertiary alicyclic amines) is 2. The summed E-state index contributed by atoms with van der Waals surface area (Å²) in [5, 5.41) is 3.25. The van der Waals surface area contributed by atoms with Crippen LogP contribution >= 0.6 is 0 Å². The second-order valence-electron chi connectivity index (χ2n) is 7.63. The van der Waals surface area contributed by atoms with Gasteiger partial charge in [-0.3, -0.25) is 4.79 Å². The van der Waals surface area contributed by atoms with E-state index >= 15 is 0 Å². The first kappa shape index (κ1) is 15.0. The SMILES string of the molecule is O=C(NC1CCN(C(=O)N2CCCC2)CC1)[C@@H]1C[C@@H]2C=C[C@H]1C2. The van der Waals surface area contributed by atoms with Gasteiger partial charge < -0.3 is 15.1 Å². The van der Waals surface area contributed by atoms with Gasteiger partial charge in [-0.1, -0.05) is 12.2 Å². The number of piperidine rings is 1. The largest absolute Gasteiger partial charge is 0.353 e. The van der Waals surface area contributed by atoms with E-state index in [-0.39, 0.29) is 23.9 Å². The average Bonchev–Trinajstić information content (AvgIpc) is 3.32. The van der Waals surface area contributed by atoms with E-state index in [9.17, 15) is 9.59 Å². The first-order valence-electron chi connectivity index (χ1n) is 9.23. The van der Waals surface area contributed by atoms with Crippen molar-refractivity contribution in [3.05, 3.63) is 12.2 Å². The van der Waals surface area contributed by atoms with Crippen LogP contribution in [0.25, 0.3) is 0 Å². The molecule has 2 aliphatic carbocycles. The van der Waals surface area contributed by atoms with Crippen LogP contribution < -0.4 is 5.32 Å². The lowest BCUT2D eigenvalue weighted by Gasteiger charge is -2.35. The Bertz CT molecular complexity index is 504. The molecule has 2 bridgehead atoms. The lowest BCUT2D eigenvalue weighted by Crippen LogP contribution is -2.51. The van der Waals surface area contributed by atoms with Crippen molar-refractivity contribution in [2.75, 3.05) is 26.2 Å². The lowest BCUT2D eigenvalue weighted by atomic mass is 9.92. The molecule has 0 aromatic carbocycles. The lowest BCUT2D eigenvalue weighted by molar-refractivity contribution is -0.126. The molecule has 23 heavy (non-hydrogen) atoms. The molecule has 0 spiro atoms. The molecular weight excluding hydrogens is 290 g/mol. The Hall–Kier alpha value is -1.52. The number of carbonyl (C=O) groups is 2. The number of amides is 3. The number of fused-ring (bicyclic) bond motifs is 2. The van der Waals surface area contributed by atoms with Gasteiger partial charge in [0.1, 0.15) is 0 Å². The molecule has 0 radical (unpaired) electrons. The summed E-state index contributed by atoms with van der Waals surface area (Å²) in [6, 6.07) is 0.443. The highest BCUT2D eigenvalue weighted by Gasteiger charge is 2.40. The minimum Gasteiger partial charge on any atom is -0.353 e. The third kappa shape index (κ3) is 2.98. The molecule has 3 fully saturated rings. The second-order valence-corrected chi connectivity index (χ2v) is 7.63. The summed E-state index contributed by atoms with van der Waals surface area (Å²) in [6.07, 6.45) is 10.8. The number of hydrogen-bond donors (Lipinski definition) is 1. The van der Waals surface area contributed by atoms with Gasteiger partial charge in [-0.15, -0.1) is 0 Å². The molecular formula is C18H27N3O2. The smallest absolute Gasteiger partial charge is 0.319 e. The fraction of sp³-hybridized carbons (Fsp3) is 0.778. The molecule has 0 aromatic rings. The van der Waals surface area contributed by atoms with Crippen LogP contribution in [-0.4, -0.2) is 54.0 Å². The molecule has 0 aromatic heterocycles. The molecule has 4 rings (SSSR count). The number of hydrogen-bond acceptors (Lipinski definition) is 2. The van der Waals surface area contributed by atoms with Crippen LogP contribution in [0.3, 0.4) is 0 Å². The predicted molar refractivity (Wildman–Crippen MR) is 87.8 cm³/mol.